The average molecular weight is 313 g/mol. The highest BCUT2D eigenvalue weighted by Crippen LogP contribution is 2.78. The van der Waals surface area contributed by atoms with Gasteiger partial charge in [-0.3, -0.25) is 0 Å². The van der Waals surface area contributed by atoms with Crippen molar-refractivity contribution < 1.29 is 0 Å². The molecule has 0 aliphatic rings. The number of benzene rings is 1. The maximum atomic E-state index is 6.45. The van der Waals surface area contributed by atoms with Gasteiger partial charge in [-0.25, -0.2) is 0 Å². The molecule has 0 nitrogen and oxygen atoms in total. The second-order valence-electron chi connectivity index (χ2n) is 7.91. The van der Waals surface area contributed by atoms with E-state index >= 15 is 0 Å². The minimum absolute atomic E-state index is 0.159. The largest absolute Gasteiger partial charge is 0.304 e. The predicted octanol–water partition coefficient (Wildman–Crippen LogP) is 6.41. The zero-order valence-electron chi connectivity index (χ0n) is 14.3. The molecule has 0 saturated heterocycles. The van der Waals surface area contributed by atoms with E-state index in [1.165, 1.54) is 10.9 Å². The molecular weight excluding hydrogens is 283 g/mol. The molecule has 0 aliphatic carbocycles. The molecule has 0 amide bonds. The molecule has 0 atom stereocenters. The summed E-state index contributed by atoms with van der Waals surface area (Å²) in [6.07, 6.45) is 0. The van der Waals surface area contributed by atoms with Gasteiger partial charge >= 0.3 is 0 Å². The third kappa shape index (κ3) is 3.07. The fraction of sp³-hybridized carbons (Fsp3) is 0.611. The van der Waals surface area contributed by atoms with Crippen LogP contribution in [0.4, 0.5) is 0 Å². The Morgan fingerprint density at radius 2 is 1.30 bits per heavy atom. The van der Waals surface area contributed by atoms with E-state index in [1.54, 1.807) is 0 Å². The summed E-state index contributed by atoms with van der Waals surface area (Å²) in [5, 5.41) is 1.73. The van der Waals surface area contributed by atoms with Crippen LogP contribution in [0.2, 0.25) is 0 Å². The van der Waals surface area contributed by atoms with Crippen LogP contribution in [0.5, 0.6) is 0 Å². The first-order valence-corrected chi connectivity index (χ1v) is 9.71. The first-order valence-electron chi connectivity index (χ1n) is 7.41. The van der Waals surface area contributed by atoms with Gasteiger partial charge in [-0.1, -0.05) is 38.9 Å². The SMILES string of the molecule is CC(C)c1ccc([P+]([CH-]Cl)(C(C)(C)C)C(C)(C)C)cc1. The smallest absolute Gasteiger partial charge is 0.0669 e. The van der Waals surface area contributed by atoms with Gasteiger partial charge in [0.05, 0.1) is 15.6 Å². The van der Waals surface area contributed by atoms with Crippen LogP contribution < -0.4 is 5.30 Å². The van der Waals surface area contributed by atoms with Crippen LogP contribution in [0.1, 0.15) is 66.9 Å². The standard InChI is InChI=1S/C18H30ClP/c1-14(2)15-9-11-16(12-10-15)20(13-19,17(3,4)5)18(6,7)8/h9-14H,1-8H3. The zero-order valence-corrected chi connectivity index (χ0v) is 15.9. The Morgan fingerprint density at radius 3 is 1.55 bits per heavy atom. The van der Waals surface area contributed by atoms with E-state index in [0.717, 1.165) is 0 Å². The second kappa shape index (κ2) is 5.98. The normalized spacial score (nSPS) is 13.9. The molecule has 20 heavy (non-hydrogen) atoms. The van der Waals surface area contributed by atoms with Crippen LogP contribution in [-0.4, -0.2) is 10.3 Å². The van der Waals surface area contributed by atoms with Crippen molar-refractivity contribution >= 4 is 24.2 Å². The summed E-state index contributed by atoms with van der Waals surface area (Å²) in [5.41, 5.74) is 3.39. The summed E-state index contributed by atoms with van der Waals surface area (Å²) in [7, 11) is -1.61. The minimum atomic E-state index is -1.61. The van der Waals surface area contributed by atoms with Crippen molar-refractivity contribution in [2.45, 2.75) is 71.6 Å². The van der Waals surface area contributed by atoms with Gasteiger partial charge in [0.2, 0.25) is 0 Å². The average Bonchev–Trinajstić information content (AvgIpc) is 2.27. The van der Waals surface area contributed by atoms with Crippen molar-refractivity contribution in [2.24, 2.45) is 0 Å². The minimum Gasteiger partial charge on any atom is -0.304 e. The van der Waals surface area contributed by atoms with E-state index < -0.39 is 7.26 Å². The molecule has 0 heterocycles. The van der Waals surface area contributed by atoms with Gasteiger partial charge in [-0.2, -0.15) is 0 Å². The molecule has 0 aromatic heterocycles. The number of rotatable bonds is 3. The van der Waals surface area contributed by atoms with E-state index in [2.05, 4.69) is 79.7 Å². The van der Waals surface area contributed by atoms with E-state index in [0.29, 0.717) is 5.92 Å². The Kier molecular flexibility index (Phi) is 5.37. The highest BCUT2D eigenvalue weighted by atomic mass is 35.5. The third-order valence-corrected chi connectivity index (χ3v) is 10.7. The lowest BCUT2D eigenvalue weighted by molar-refractivity contribution is 0.701. The molecule has 0 spiro atoms. The Balaban J connectivity index is 3.46. The molecule has 1 aromatic rings. The van der Waals surface area contributed by atoms with Crippen LogP contribution in [-0.2, 0) is 0 Å². The summed E-state index contributed by atoms with van der Waals surface area (Å²) < 4.78 is 0. The summed E-state index contributed by atoms with van der Waals surface area (Å²) >= 11 is 6.45. The quantitative estimate of drug-likeness (QED) is 0.447. The van der Waals surface area contributed by atoms with Gasteiger partial charge < -0.3 is 11.6 Å². The summed E-state index contributed by atoms with van der Waals surface area (Å²) in [5.74, 6) is 0.570. The first-order chi connectivity index (χ1) is 8.97. The molecule has 0 aliphatic heterocycles. The predicted molar refractivity (Wildman–Crippen MR) is 96.7 cm³/mol. The molecule has 1 aromatic carbocycles. The number of halogens is 1. The fourth-order valence-electron chi connectivity index (χ4n) is 3.22. The summed E-state index contributed by atoms with van der Waals surface area (Å²) in [4.78, 5) is 0. The van der Waals surface area contributed by atoms with Crippen LogP contribution in [0.15, 0.2) is 24.3 Å². The van der Waals surface area contributed by atoms with Crippen molar-refractivity contribution in [2.75, 3.05) is 0 Å². The molecule has 1 rings (SSSR count). The number of hydrogen-bond donors (Lipinski definition) is 0. The molecular formula is C18H30ClP. The Morgan fingerprint density at radius 1 is 0.900 bits per heavy atom. The fourth-order valence-corrected chi connectivity index (χ4v) is 10.2. The first kappa shape index (κ1) is 18.0. The lowest BCUT2D eigenvalue weighted by atomic mass is 10.0. The third-order valence-electron chi connectivity index (χ3n) is 4.23. The van der Waals surface area contributed by atoms with Gasteiger partial charge in [-0.05, 0) is 65.2 Å². The van der Waals surface area contributed by atoms with Gasteiger partial charge in [0.1, 0.15) is 0 Å². The van der Waals surface area contributed by atoms with Crippen molar-refractivity contribution in [1.82, 2.24) is 0 Å². The molecule has 0 unspecified atom stereocenters. The van der Waals surface area contributed by atoms with E-state index in [1.807, 2.05) is 5.62 Å². The second-order valence-corrected chi connectivity index (χ2v) is 13.3. The van der Waals surface area contributed by atoms with Crippen LogP contribution >= 0.6 is 18.9 Å². The zero-order chi connectivity index (χ0) is 15.8. The highest BCUT2D eigenvalue weighted by Gasteiger charge is 2.52. The monoisotopic (exact) mass is 312 g/mol. The molecule has 0 saturated carbocycles. The van der Waals surface area contributed by atoms with E-state index in [-0.39, 0.29) is 10.3 Å². The summed E-state index contributed by atoms with van der Waals surface area (Å²) in [6, 6.07) is 9.15. The Labute approximate surface area is 131 Å². The highest BCUT2D eigenvalue weighted by molar-refractivity contribution is 7.88. The van der Waals surface area contributed by atoms with Gasteiger partial charge in [0.25, 0.3) is 0 Å². The topological polar surface area (TPSA) is 0 Å². The molecule has 0 radical (unpaired) electrons. The van der Waals surface area contributed by atoms with Crippen molar-refractivity contribution in [3.63, 3.8) is 0 Å². The Bertz CT molecular complexity index is 418. The van der Waals surface area contributed by atoms with Crippen LogP contribution in [0.3, 0.4) is 0 Å². The van der Waals surface area contributed by atoms with Crippen molar-refractivity contribution in [3.8, 4) is 0 Å². The molecule has 114 valence electrons. The van der Waals surface area contributed by atoms with Crippen molar-refractivity contribution in [3.05, 3.63) is 35.5 Å². The molecule has 0 N–H and O–H groups in total. The maximum absolute atomic E-state index is 6.45. The van der Waals surface area contributed by atoms with Crippen LogP contribution in [0, 0.1) is 5.62 Å². The van der Waals surface area contributed by atoms with Gasteiger partial charge in [-0.15, -0.1) is 0 Å². The van der Waals surface area contributed by atoms with E-state index in [9.17, 15) is 0 Å². The lowest BCUT2D eigenvalue weighted by Crippen LogP contribution is -2.39. The van der Waals surface area contributed by atoms with Gasteiger partial charge in [0.15, 0.2) is 0 Å². The summed E-state index contributed by atoms with van der Waals surface area (Å²) in [6.45, 7) is 18.4. The van der Waals surface area contributed by atoms with Gasteiger partial charge in [0, 0.05) is 0 Å². The van der Waals surface area contributed by atoms with E-state index in [4.69, 9.17) is 11.6 Å². The Hall–Kier alpha value is -0.0600. The lowest BCUT2D eigenvalue weighted by Gasteiger charge is -2.52. The molecule has 0 bridgehead atoms. The molecule has 2 heteroatoms. The van der Waals surface area contributed by atoms with Crippen molar-refractivity contribution in [1.29, 1.82) is 0 Å². The molecule has 0 fully saturated rings. The number of hydrogen-bond acceptors (Lipinski definition) is 0. The maximum Gasteiger partial charge on any atom is 0.0669 e. The van der Waals surface area contributed by atoms with Crippen LogP contribution in [0.25, 0.3) is 0 Å².